The van der Waals surface area contributed by atoms with Crippen LogP contribution in [0.25, 0.3) is 23.1 Å². The van der Waals surface area contributed by atoms with Gasteiger partial charge in [0.2, 0.25) is 5.89 Å². The topological polar surface area (TPSA) is 81.2 Å². The van der Waals surface area contributed by atoms with Gasteiger partial charge in [-0.1, -0.05) is 6.07 Å². The number of nitrogens with zero attached hydrogens (tertiary/aromatic N) is 2. The smallest absolute Gasteiger partial charge is 0.283 e. The van der Waals surface area contributed by atoms with Crippen molar-refractivity contribution in [3.63, 3.8) is 0 Å². The van der Waals surface area contributed by atoms with Gasteiger partial charge in [0.05, 0.1) is 6.26 Å². The minimum absolute atomic E-state index is 0.180. The second-order valence-corrected chi connectivity index (χ2v) is 6.68. The first kappa shape index (κ1) is 16.5. The van der Waals surface area contributed by atoms with E-state index in [-0.39, 0.29) is 5.91 Å². The van der Waals surface area contributed by atoms with Crippen LogP contribution in [0.1, 0.15) is 10.4 Å². The molecule has 1 amide bonds. The van der Waals surface area contributed by atoms with Crippen molar-refractivity contribution in [1.29, 1.82) is 0 Å². The van der Waals surface area contributed by atoms with Crippen LogP contribution in [0.2, 0.25) is 0 Å². The van der Waals surface area contributed by atoms with Gasteiger partial charge in [-0.3, -0.25) is 4.79 Å². The highest BCUT2D eigenvalue weighted by atomic mass is 127. The highest BCUT2D eigenvalue weighted by molar-refractivity contribution is 14.1. The highest BCUT2D eigenvalue weighted by Crippen LogP contribution is 2.26. The molecule has 0 saturated heterocycles. The van der Waals surface area contributed by atoms with Crippen LogP contribution >= 0.6 is 22.6 Å². The zero-order chi connectivity index (χ0) is 17.9. The van der Waals surface area contributed by atoms with Gasteiger partial charge in [0.25, 0.3) is 11.8 Å². The Kier molecular flexibility index (Phi) is 4.53. The molecule has 128 valence electrons. The maximum atomic E-state index is 12.4. The molecule has 6 nitrogen and oxygen atoms in total. The SMILES string of the molecule is O=C(Nc1cccc(-c2nnc(-c3ccco3)o2)c1)c1ccc(I)cc1. The molecule has 4 rings (SSSR count). The summed E-state index contributed by atoms with van der Waals surface area (Å²) in [4.78, 5) is 12.4. The largest absolute Gasteiger partial charge is 0.459 e. The van der Waals surface area contributed by atoms with E-state index in [1.54, 1.807) is 42.7 Å². The second-order valence-electron chi connectivity index (χ2n) is 5.43. The van der Waals surface area contributed by atoms with Crippen LogP contribution in [0.3, 0.4) is 0 Å². The number of hydrogen-bond acceptors (Lipinski definition) is 5. The van der Waals surface area contributed by atoms with Gasteiger partial charge in [-0.05, 0) is 77.2 Å². The number of carbonyl (C=O) groups is 1. The van der Waals surface area contributed by atoms with Crippen molar-refractivity contribution >= 4 is 34.2 Å². The summed E-state index contributed by atoms with van der Waals surface area (Å²) in [5, 5.41) is 10.9. The lowest BCUT2D eigenvalue weighted by Gasteiger charge is -2.06. The molecule has 0 aliphatic carbocycles. The molecule has 4 aromatic rings. The molecular formula is C19H12IN3O3. The van der Waals surface area contributed by atoms with E-state index in [0.717, 1.165) is 3.57 Å². The molecule has 0 bridgehead atoms. The molecule has 26 heavy (non-hydrogen) atoms. The van der Waals surface area contributed by atoms with Crippen molar-refractivity contribution in [3.8, 4) is 23.1 Å². The molecule has 0 unspecified atom stereocenters. The molecule has 0 saturated carbocycles. The van der Waals surface area contributed by atoms with Crippen LogP contribution in [0, 0.1) is 3.57 Å². The van der Waals surface area contributed by atoms with E-state index in [0.29, 0.717) is 34.4 Å². The molecule has 0 spiro atoms. The van der Waals surface area contributed by atoms with Crippen molar-refractivity contribution < 1.29 is 13.6 Å². The minimum Gasteiger partial charge on any atom is -0.459 e. The van der Waals surface area contributed by atoms with Gasteiger partial charge in [-0.25, -0.2) is 0 Å². The Bertz CT molecular complexity index is 1040. The summed E-state index contributed by atoms with van der Waals surface area (Å²) in [6.45, 7) is 0. The fourth-order valence-electron chi connectivity index (χ4n) is 2.37. The molecule has 2 aromatic heterocycles. The number of aromatic nitrogens is 2. The van der Waals surface area contributed by atoms with E-state index >= 15 is 0 Å². The van der Waals surface area contributed by atoms with E-state index in [2.05, 4.69) is 38.1 Å². The van der Waals surface area contributed by atoms with E-state index in [4.69, 9.17) is 8.83 Å². The van der Waals surface area contributed by atoms with Gasteiger partial charge in [0, 0.05) is 20.4 Å². The van der Waals surface area contributed by atoms with Crippen LogP contribution in [0.15, 0.2) is 75.8 Å². The molecule has 0 aliphatic rings. The fraction of sp³-hybridized carbons (Fsp3) is 0. The third-order valence-electron chi connectivity index (χ3n) is 3.63. The van der Waals surface area contributed by atoms with Crippen molar-refractivity contribution in [1.82, 2.24) is 10.2 Å². The van der Waals surface area contributed by atoms with E-state index in [1.807, 2.05) is 24.3 Å². The van der Waals surface area contributed by atoms with Crippen LogP contribution in [0.4, 0.5) is 5.69 Å². The number of carbonyl (C=O) groups excluding carboxylic acids is 1. The summed E-state index contributed by atoms with van der Waals surface area (Å²) in [6, 6.07) is 18.1. The Labute approximate surface area is 162 Å². The second kappa shape index (κ2) is 7.12. The van der Waals surface area contributed by atoms with Crippen LogP contribution in [0.5, 0.6) is 0 Å². The molecule has 1 N–H and O–H groups in total. The first-order valence-electron chi connectivity index (χ1n) is 7.74. The minimum atomic E-state index is -0.180. The molecular weight excluding hydrogens is 445 g/mol. The number of benzene rings is 2. The predicted molar refractivity (Wildman–Crippen MR) is 105 cm³/mol. The summed E-state index contributed by atoms with van der Waals surface area (Å²) in [5.41, 5.74) is 1.94. The van der Waals surface area contributed by atoms with Gasteiger partial charge in [-0.15, -0.1) is 10.2 Å². The standard InChI is InChI=1S/C19H12IN3O3/c20-14-8-6-12(7-9-14)17(24)21-15-4-1-3-13(11-15)18-22-23-19(26-18)16-5-2-10-25-16/h1-11H,(H,21,24). The first-order chi connectivity index (χ1) is 12.7. The van der Waals surface area contributed by atoms with E-state index in [9.17, 15) is 4.79 Å². The van der Waals surface area contributed by atoms with Crippen LogP contribution in [-0.2, 0) is 0 Å². The maximum absolute atomic E-state index is 12.4. The fourth-order valence-corrected chi connectivity index (χ4v) is 2.73. The van der Waals surface area contributed by atoms with Gasteiger partial charge >= 0.3 is 0 Å². The van der Waals surface area contributed by atoms with Crippen molar-refractivity contribution in [2.75, 3.05) is 5.32 Å². The lowest BCUT2D eigenvalue weighted by Crippen LogP contribution is -2.11. The monoisotopic (exact) mass is 457 g/mol. The Morgan fingerprint density at radius 3 is 2.54 bits per heavy atom. The van der Waals surface area contributed by atoms with Crippen LogP contribution in [-0.4, -0.2) is 16.1 Å². The predicted octanol–water partition coefficient (Wildman–Crippen LogP) is 4.85. The normalized spacial score (nSPS) is 10.7. The number of amides is 1. The molecule has 2 aromatic carbocycles. The Balaban J connectivity index is 1.55. The molecule has 2 heterocycles. The first-order valence-corrected chi connectivity index (χ1v) is 8.82. The highest BCUT2D eigenvalue weighted by Gasteiger charge is 2.13. The van der Waals surface area contributed by atoms with Crippen molar-refractivity contribution in [3.05, 3.63) is 76.1 Å². The summed E-state index contributed by atoms with van der Waals surface area (Å²) >= 11 is 2.20. The maximum Gasteiger partial charge on any atom is 0.283 e. The zero-order valence-electron chi connectivity index (χ0n) is 13.3. The Morgan fingerprint density at radius 2 is 1.77 bits per heavy atom. The molecule has 0 fully saturated rings. The Hall–Kier alpha value is -2.94. The van der Waals surface area contributed by atoms with Crippen molar-refractivity contribution in [2.24, 2.45) is 0 Å². The average Bonchev–Trinajstić information content (AvgIpc) is 3.34. The third-order valence-corrected chi connectivity index (χ3v) is 4.35. The lowest BCUT2D eigenvalue weighted by molar-refractivity contribution is 0.102. The number of furan rings is 1. The summed E-state index contributed by atoms with van der Waals surface area (Å²) in [6.07, 6.45) is 1.54. The van der Waals surface area contributed by atoms with Gasteiger partial charge in [-0.2, -0.15) is 0 Å². The zero-order valence-corrected chi connectivity index (χ0v) is 15.5. The summed E-state index contributed by atoms with van der Waals surface area (Å²) in [7, 11) is 0. The van der Waals surface area contributed by atoms with Crippen molar-refractivity contribution in [2.45, 2.75) is 0 Å². The number of nitrogens with one attached hydrogen (secondary N) is 1. The lowest BCUT2D eigenvalue weighted by atomic mass is 10.1. The third kappa shape index (κ3) is 3.52. The number of halogens is 1. The molecule has 0 radical (unpaired) electrons. The summed E-state index contributed by atoms with van der Waals surface area (Å²) < 4.78 is 12.0. The quantitative estimate of drug-likeness (QED) is 0.443. The van der Waals surface area contributed by atoms with Gasteiger partial charge < -0.3 is 14.2 Å². The van der Waals surface area contributed by atoms with Gasteiger partial charge in [0.1, 0.15) is 0 Å². The number of anilines is 1. The van der Waals surface area contributed by atoms with E-state index < -0.39 is 0 Å². The molecule has 0 atom stereocenters. The van der Waals surface area contributed by atoms with Crippen LogP contribution < -0.4 is 5.32 Å². The number of rotatable bonds is 4. The molecule has 7 heteroatoms. The van der Waals surface area contributed by atoms with E-state index in [1.165, 1.54) is 0 Å². The van der Waals surface area contributed by atoms with Gasteiger partial charge in [0.15, 0.2) is 5.76 Å². The summed E-state index contributed by atoms with van der Waals surface area (Å²) in [5.74, 6) is 0.979. The number of hydrogen-bond donors (Lipinski definition) is 1. The molecule has 0 aliphatic heterocycles. The Morgan fingerprint density at radius 1 is 0.962 bits per heavy atom. The average molecular weight is 457 g/mol.